The second-order valence-corrected chi connectivity index (χ2v) is 3.93. The number of benzene rings is 1. The number of rotatable bonds is 4. The minimum Gasteiger partial charge on any atom is -0.329 e. The first kappa shape index (κ1) is 12.1. The highest BCUT2D eigenvalue weighted by molar-refractivity contribution is 5.32. The monoisotopic (exact) mass is 210 g/mol. The summed E-state index contributed by atoms with van der Waals surface area (Å²) in [4.78, 5) is 0. The van der Waals surface area contributed by atoms with E-state index in [9.17, 15) is 4.39 Å². The van der Waals surface area contributed by atoms with Gasteiger partial charge in [-0.05, 0) is 37.5 Å². The lowest BCUT2D eigenvalue weighted by Gasteiger charge is -2.15. The van der Waals surface area contributed by atoms with Crippen molar-refractivity contribution in [2.75, 3.05) is 13.1 Å². The summed E-state index contributed by atoms with van der Waals surface area (Å²) >= 11 is 0. The van der Waals surface area contributed by atoms with Gasteiger partial charge in [-0.15, -0.1) is 0 Å². The molecule has 2 nitrogen and oxygen atoms in total. The Balaban J connectivity index is 2.86. The summed E-state index contributed by atoms with van der Waals surface area (Å²) in [5.41, 5.74) is 7.93. The molecule has 0 amide bonds. The van der Waals surface area contributed by atoms with Crippen molar-refractivity contribution in [3.05, 3.63) is 34.6 Å². The van der Waals surface area contributed by atoms with E-state index in [4.69, 9.17) is 5.73 Å². The smallest absolute Gasteiger partial charge is 0.129 e. The number of nitrogens with two attached hydrogens (primary N) is 1. The van der Waals surface area contributed by atoms with Gasteiger partial charge in [0.15, 0.2) is 0 Å². The number of nitrogens with one attached hydrogen (secondary N) is 1. The lowest BCUT2D eigenvalue weighted by Crippen LogP contribution is -2.25. The highest BCUT2D eigenvalue weighted by Crippen LogP contribution is 2.19. The maximum absolute atomic E-state index is 13.4. The Bertz CT molecular complexity index is 313. The van der Waals surface area contributed by atoms with Gasteiger partial charge in [0.2, 0.25) is 0 Å². The van der Waals surface area contributed by atoms with Crippen LogP contribution in [0.3, 0.4) is 0 Å². The van der Waals surface area contributed by atoms with Crippen molar-refractivity contribution >= 4 is 0 Å². The van der Waals surface area contributed by atoms with Crippen molar-refractivity contribution < 1.29 is 4.39 Å². The largest absolute Gasteiger partial charge is 0.329 e. The van der Waals surface area contributed by atoms with E-state index in [0.717, 1.165) is 12.1 Å². The van der Waals surface area contributed by atoms with Crippen LogP contribution in [0.15, 0.2) is 12.1 Å². The van der Waals surface area contributed by atoms with E-state index in [1.807, 2.05) is 12.1 Å². The Labute approximate surface area is 90.7 Å². The van der Waals surface area contributed by atoms with Crippen LogP contribution in [-0.2, 0) is 0 Å². The molecule has 0 saturated carbocycles. The molecule has 0 fully saturated rings. The number of halogens is 1. The van der Waals surface area contributed by atoms with Gasteiger partial charge in [-0.25, -0.2) is 4.39 Å². The van der Waals surface area contributed by atoms with E-state index >= 15 is 0 Å². The summed E-state index contributed by atoms with van der Waals surface area (Å²) in [5, 5.41) is 3.28. The minimum absolute atomic E-state index is 0.107. The van der Waals surface area contributed by atoms with Gasteiger partial charge >= 0.3 is 0 Å². The Morgan fingerprint density at radius 3 is 2.33 bits per heavy atom. The number of hydrogen-bond donors (Lipinski definition) is 2. The second kappa shape index (κ2) is 5.24. The first-order valence-electron chi connectivity index (χ1n) is 5.26. The lowest BCUT2D eigenvalue weighted by atomic mass is 10.0. The molecule has 0 saturated heterocycles. The standard InChI is InChI=1S/C12H19FN2/c1-8-6-11(7-9(2)12(8)13)10(3)15-5-4-14/h6-7,10,15H,4-5,14H2,1-3H3. The zero-order valence-electron chi connectivity index (χ0n) is 9.60. The molecule has 0 aromatic heterocycles. The van der Waals surface area contributed by atoms with Gasteiger partial charge in [0.25, 0.3) is 0 Å². The summed E-state index contributed by atoms with van der Waals surface area (Å²) in [7, 11) is 0. The van der Waals surface area contributed by atoms with E-state index in [2.05, 4.69) is 12.2 Å². The average Bonchev–Trinajstić information content (AvgIpc) is 2.21. The predicted octanol–water partition coefficient (Wildman–Crippen LogP) is 2.05. The Morgan fingerprint density at radius 2 is 1.87 bits per heavy atom. The van der Waals surface area contributed by atoms with Crippen LogP contribution in [0.1, 0.15) is 29.7 Å². The SMILES string of the molecule is Cc1cc(C(C)NCCN)cc(C)c1F. The Hall–Kier alpha value is -0.930. The van der Waals surface area contributed by atoms with Gasteiger partial charge in [0.05, 0.1) is 0 Å². The zero-order valence-corrected chi connectivity index (χ0v) is 9.60. The first-order chi connectivity index (χ1) is 7.06. The van der Waals surface area contributed by atoms with E-state index in [-0.39, 0.29) is 11.9 Å². The number of hydrogen-bond acceptors (Lipinski definition) is 2. The van der Waals surface area contributed by atoms with Crippen molar-refractivity contribution in [3.8, 4) is 0 Å². The predicted molar refractivity (Wildman–Crippen MR) is 61.3 cm³/mol. The number of aryl methyl sites for hydroxylation is 2. The van der Waals surface area contributed by atoms with Crippen molar-refractivity contribution in [1.29, 1.82) is 0 Å². The third-order valence-corrected chi connectivity index (χ3v) is 2.55. The quantitative estimate of drug-likeness (QED) is 0.798. The van der Waals surface area contributed by atoms with Crippen molar-refractivity contribution in [2.45, 2.75) is 26.8 Å². The molecule has 1 rings (SSSR count). The fraction of sp³-hybridized carbons (Fsp3) is 0.500. The van der Waals surface area contributed by atoms with Crippen LogP contribution in [0.25, 0.3) is 0 Å². The molecule has 0 heterocycles. The minimum atomic E-state index is -0.107. The van der Waals surface area contributed by atoms with Gasteiger partial charge in [-0.3, -0.25) is 0 Å². The van der Waals surface area contributed by atoms with Gasteiger partial charge in [-0.1, -0.05) is 12.1 Å². The molecule has 0 bridgehead atoms. The molecule has 0 spiro atoms. The topological polar surface area (TPSA) is 38.0 Å². The van der Waals surface area contributed by atoms with Gasteiger partial charge in [-0.2, -0.15) is 0 Å². The molecule has 3 N–H and O–H groups in total. The fourth-order valence-corrected chi connectivity index (χ4v) is 1.65. The molecule has 0 radical (unpaired) electrons. The molecular formula is C12H19FN2. The zero-order chi connectivity index (χ0) is 11.4. The van der Waals surface area contributed by atoms with Crippen LogP contribution >= 0.6 is 0 Å². The molecule has 84 valence electrons. The molecule has 0 aliphatic heterocycles. The average molecular weight is 210 g/mol. The lowest BCUT2D eigenvalue weighted by molar-refractivity contribution is 0.573. The van der Waals surface area contributed by atoms with Crippen LogP contribution < -0.4 is 11.1 Å². The second-order valence-electron chi connectivity index (χ2n) is 3.93. The van der Waals surface area contributed by atoms with E-state index in [0.29, 0.717) is 17.7 Å². The molecule has 0 aliphatic rings. The molecule has 1 unspecified atom stereocenters. The maximum Gasteiger partial charge on any atom is 0.129 e. The highest BCUT2D eigenvalue weighted by Gasteiger charge is 2.08. The van der Waals surface area contributed by atoms with Crippen LogP contribution in [0.5, 0.6) is 0 Å². The van der Waals surface area contributed by atoms with Crippen LogP contribution in [0.2, 0.25) is 0 Å². The summed E-state index contributed by atoms with van der Waals surface area (Å²) in [6.07, 6.45) is 0. The normalized spacial score (nSPS) is 12.9. The fourth-order valence-electron chi connectivity index (χ4n) is 1.65. The van der Waals surface area contributed by atoms with Gasteiger partial charge in [0, 0.05) is 19.1 Å². The van der Waals surface area contributed by atoms with Crippen molar-refractivity contribution in [3.63, 3.8) is 0 Å². The van der Waals surface area contributed by atoms with Crippen molar-refractivity contribution in [1.82, 2.24) is 5.32 Å². The highest BCUT2D eigenvalue weighted by atomic mass is 19.1. The molecule has 1 aromatic rings. The third kappa shape index (κ3) is 3.01. The van der Waals surface area contributed by atoms with Gasteiger partial charge in [0.1, 0.15) is 5.82 Å². The van der Waals surface area contributed by atoms with E-state index in [1.165, 1.54) is 0 Å². The summed E-state index contributed by atoms with van der Waals surface area (Å²) in [5.74, 6) is -0.107. The Kier molecular flexibility index (Phi) is 4.24. The Morgan fingerprint density at radius 1 is 1.33 bits per heavy atom. The van der Waals surface area contributed by atoms with Crippen LogP contribution in [-0.4, -0.2) is 13.1 Å². The summed E-state index contributed by atoms with van der Waals surface area (Å²) in [6.45, 7) is 7.03. The van der Waals surface area contributed by atoms with Crippen LogP contribution in [0, 0.1) is 19.7 Å². The molecule has 3 heteroatoms. The summed E-state index contributed by atoms with van der Waals surface area (Å²) in [6, 6.07) is 3.99. The van der Waals surface area contributed by atoms with E-state index in [1.54, 1.807) is 13.8 Å². The molecule has 0 aliphatic carbocycles. The third-order valence-electron chi connectivity index (χ3n) is 2.55. The molecule has 15 heavy (non-hydrogen) atoms. The van der Waals surface area contributed by atoms with Crippen LogP contribution in [0.4, 0.5) is 4.39 Å². The molecule has 1 aromatic carbocycles. The summed E-state index contributed by atoms with van der Waals surface area (Å²) < 4.78 is 13.4. The first-order valence-corrected chi connectivity index (χ1v) is 5.26. The molecule has 1 atom stereocenters. The van der Waals surface area contributed by atoms with Crippen molar-refractivity contribution in [2.24, 2.45) is 5.73 Å². The van der Waals surface area contributed by atoms with Gasteiger partial charge < -0.3 is 11.1 Å². The maximum atomic E-state index is 13.4. The molecular weight excluding hydrogens is 191 g/mol. The van der Waals surface area contributed by atoms with E-state index < -0.39 is 0 Å².